The van der Waals surface area contributed by atoms with Gasteiger partial charge in [-0.25, -0.2) is 0 Å². The Balaban J connectivity index is 1.60. The van der Waals surface area contributed by atoms with Crippen molar-refractivity contribution in [3.05, 3.63) is 65.2 Å². The fourth-order valence-corrected chi connectivity index (χ4v) is 3.10. The molecule has 1 aliphatic rings. The lowest BCUT2D eigenvalue weighted by molar-refractivity contribution is -0.130. The minimum absolute atomic E-state index is 0.0499. The zero-order valence-corrected chi connectivity index (χ0v) is 15.1. The number of hydrogen-bond acceptors (Lipinski definition) is 3. The standard InChI is InChI=1S/C20H20F3N3O2/c21-20(22,23)13-25-19(28)16-7-3-4-8-17(16)24-11-18(27)26-10-9-14-5-1-2-6-15(14)12-26/h1-8,24H,9-13H2,(H,25,28). The third kappa shape index (κ3) is 5.03. The fraction of sp³-hybridized carbons (Fsp3) is 0.300. The van der Waals surface area contributed by atoms with E-state index in [0.29, 0.717) is 18.8 Å². The predicted octanol–water partition coefficient (Wildman–Crippen LogP) is 2.98. The molecule has 0 saturated carbocycles. The Bertz CT molecular complexity index is 868. The Morgan fingerprint density at radius 1 is 1.00 bits per heavy atom. The van der Waals surface area contributed by atoms with E-state index in [9.17, 15) is 22.8 Å². The van der Waals surface area contributed by atoms with Gasteiger partial charge in [-0.15, -0.1) is 0 Å². The molecule has 0 aliphatic carbocycles. The van der Waals surface area contributed by atoms with Crippen LogP contribution in [0.15, 0.2) is 48.5 Å². The Morgan fingerprint density at radius 3 is 2.43 bits per heavy atom. The number of amides is 2. The van der Waals surface area contributed by atoms with Crippen molar-refractivity contribution in [3.63, 3.8) is 0 Å². The highest BCUT2D eigenvalue weighted by molar-refractivity contribution is 6.00. The fourth-order valence-electron chi connectivity index (χ4n) is 3.10. The van der Waals surface area contributed by atoms with Crippen molar-refractivity contribution in [2.75, 3.05) is 25.0 Å². The van der Waals surface area contributed by atoms with Crippen molar-refractivity contribution in [2.45, 2.75) is 19.1 Å². The first-order chi connectivity index (χ1) is 13.3. The van der Waals surface area contributed by atoms with Gasteiger partial charge in [-0.1, -0.05) is 36.4 Å². The number of para-hydroxylation sites is 1. The van der Waals surface area contributed by atoms with E-state index in [1.165, 1.54) is 11.6 Å². The zero-order chi connectivity index (χ0) is 20.1. The number of alkyl halides is 3. The predicted molar refractivity (Wildman–Crippen MR) is 98.9 cm³/mol. The average Bonchev–Trinajstić information content (AvgIpc) is 2.69. The second-order valence-corrected chi connectivity index (χ2v) is 6.53. The van der Waals surface area contributed by atoms with Crippen LogP contribution in [0.4, 0.5) is 18.9 Å². The molecule has 3 rings (SSSR count). The van der Waals surface area contributed by atoms with Crippen LogP contribution in [0.3, 0.4) is 0 Å². The third-order valence-corrected chi connectivity index (χ3v) is 4.53. The molecule has 8 heteroatoms. The van der Waals surface area contributed by atoms with E-state index in [1.807, 2.05) is 29.6 Å². The first kappa shape index (κ1) is 19.7. The van der Waals surface area contributed by atoms with Crippen LogP contribution in [0.25, 0.3) is 0 Å². The lowest BCUT2D eigenvalue weighted by atomic mass is 10.00. The van der Waals surface area contributed by atoms with Crippen molar-refractivity contribution in [1.29, 1.82) is 0 Å². The molecule has 0 radical (unpaired) electrons. The number of hydrogen-bond donors (Lipinski definition) is 2. The molecule has 2 aromatic carbocycles. The molecule has 2 N–H and O–H groups in total. The molecule has 1 aliphatic heterocycles. The summed E-state index contributed by atoms with van der Waals surface area (Å²) in [6.45, 7) is -0.340. The summed E-state index contributed by atoms with van der Waals surface area (Å²) in [4.78, 5) is 26.3. The maximum Gasteiger partial charge on any atom is 0.405 e. The number of carbonyl (C=O) groups is 2. The van der Waals surface area contributed by atoms with Crippen molar-refractivity contribution < 1.29 is 22.8 Å². The Morgan fingerprint density at radius 2 is 1.68 bits per heavy atom. The van der Waals surface area contributed by atoms with Gasteiger partial charge in [0.2, 0.25) is 5.91 Å². The van der Waals surface area contributed by atoms with Crippen molar-refractivity contribution in [1.82, 2.24) is 10.2 Å². The normalized spacial score (nSPS) is 13.6. The lowest BCUT2D eigenvalue weighted by Gasteiger charge is -2.29. The van der Waals surface area contributed by atoms with Crippen LogP contribution in [0.5, 0.6) is 0 Å². The van der Waals surface area contributed by atoms with Crippen molar-refractivity contribution >= 4 is 17.5 Å². The summed E-state index contributed by atoms with van der Waals surface area (Å²) < 4.78 is 37.0. The molecule has 0 fully saturated rings. The maximum absolute atomic E-state index is 12.5. The van der Waals surface area contributed by atoms with E-state index in [-0.39, 0.29) is 18.0 Å². The largest absolute Gasteiger partial charge is 0.405 e. The van der Waals surface area contributed by atoms with E-state index in [2.05, 4.69) is 5.32 Å². The monoisotopic (exact) mass is 391 g/mol. The van der Waals surface area contributed by atoms with Crippen LogP contribution < -0.4 is 10.6 Å². The summed E-state index contributed by atoms with van der Waals surface area (Å²) in [5.41, 5.74) is 2.71. The molecule has 0 atom stereocenters. The number of halogens is 3. The molecular weight excluding hydrogens is 371 g/mol. The van der Waals surface area contributed by atoms with Crippen LogP contribution in [0.1, 0.15) is 21.5 Å². The van der Waals surface area contributed by atoms with E-state index >= 15 is 0 Å². The van der Waals surface area contributed by atoms with E-state index in [4.69, 9.17) is 0 Å². The van der Waals surface area contributed by atoms with Gasteiger partial charge in [0.15, 0.2) is 0 Å². The molecule has 1 heterocycles. The van der Waals surface area contributed by atoms with Gasteiger partial charge in [0.1, 0.15) is 6.54 Å². The summed E-state index contributed by atoms with van der Waals surface area (Å²) in [7, 11) is 0. The average molecular weight is 391 g/mol. The highest BCUT2D eigenvalue weighted by Gasteiger charge is 2.28. The number of benzene rings is 2. The summed E-state index contributed by atoms with van der Waals surface area (Å²) in [6.07, 6.45) is -3.71. The highest BCUT2D eigenvalue weighted by Crippen LogP contribution is 2.20. The molecular formula is C20H20F3N3O2. The second-order valence-electron chi connectivity index (χ2n) is 6.53. The zero-order valence-electron chi connectivity index (χ0n) is 15.1. The van der Waals surface area contributed by atoms with Crippen LogP contribution in [0, 0.1) is 0 Å². The highest BCUT2D eigenvalue weighted by atomic mass is 19.4. The minimum atomic E-state index is -4.49. The molecule has 0 saturated heterocycles. The summed E-state index contributed by atoms with van der Waals surface area (Å²) >= 11 is 0. The number of fused-ring (bicyclic) bond motifs is 1. The van der Waals surface area contributed by atoms with Gasteiger partial charge in [-0.3, -0.25) is 9.59 Å². The van der Waals surface area contributed by atoms with Crippen molar-refractivity contribution in [3.8, 4) is 0 Å². The molecule has 148 valence electrons. The summed E-state index contributed by atoms with van der Waals surface area (Å²) in [6, 6.07) is 14.1. The number of anilines is 1. The number of rotatable bonds is 5. The summed E-state index contributed by atoms with van der Waals surface area (Å²) in [5.74, 6) is -0.986. The molecule has 28 heavy (non-hydrogen) atoms. The molecule has 5 nitrogen and oxygen atoms in total. The SMILES string of the molecule is O=C(NCC(F)(F)F)c1ccccc1NCC(=O)N1CCc2ccccc2C1. The van der Waals surface area contributed by atoms with Gasteiger partial charge < -0.3 is 15.5 Å². The number of carbonyl (C=O) groups excluding carboxylic acids is 2. The van der Waals surface area contributed by atoms with Crippen LogP contribution in [-0.4, -0.2) is 42.5 Å². The molecule has 0 spiro atoms. The van der Waals surface area contributed by atoms with Gasteiger partial charge in [-0.2, -0.15) is 13.2 Å². The minimum Gasteiger partial charge on any atom is -0.376 e. The van der Waals surface area contributed by atoms with Gasteiger partial charge >= 0.3 is 6.18 Å². The quantitative estimate of drug-likeness (QED) is 0.824. The van der Waals surface area contributed by atoms with Gasteiger partial charge in [-0.05, 0) is 29.7 Å². The van der Waals surface area contributed by atoms with E-state index in [1.54, 1.807) is 23.1 Å². The number of nitrogens with zero attached hydrogens (tertiary/aromatic N) is 1. The van der Waals surface area contributed by atoms with Crippen LogP contribution in [-0.2, 0) is 17.8 Å². The Kier molecular flexibility index (Phi) is 5.87. The van der Waals surface area contributed by atoms with E-state index < -0.39 is 18.6 Å². The smallest absolute Gasteiger partial charge is 0.376 e. The first-order valence-corrected chi connectivity index (χ1v) is 8.86. The second kappa shape index (κ2) is 8.33. The Hall–Kier alpha value is -3.03. The van der Waals surface area contributed by atoms with Gasteiger partial charge in [0.05, 0.1) is 12.1 Å². The molecule has 0 aromatic heterocycles. The third-order valence-electron chi connectivity index (χ3n) is 4.53. The summed E-state index contributed by atoms with van der Waals surface area (Å²) in [5, 5.41) is 4.72. The van der Waals surface area contributed by atoms with Gasteiger partial charge in [0.25, 0.3) is 5.91 Å². The maximum atomic E-state index is 12.5. The molecule has 0 unspecified atom stereocenters. The lowest BCUT2D eigenvalue weighted by Crippen LogP contribution is -2.39. The van der Waals surface area contributed by atoms with Crippen molar-refractivity contribution in [2.24, 2.45) is 0 Å². The first-order valence-electron chi connectivity index (χ1n) is 8.86. The van der Waals surface area contributed by atoms with Crippen LogP contribution >= 0.6 is 0 Å². The Labute approximate surface area is 160 Å². The van der Waals surface area contributed by atoms with Gasteiger partial charge in [0, 0.05) is 18.8 Å². The number of nitrogens with one attached hydrogen (secondary N) is 2. The molecule has 2 amide bonds. The van der Waals surface area contributed by atoms with E-state index in [0.717, 1.165) is 12.0 Å². The topological polar surface area (TPSA) is 61.4 Å². The van der Waals surface area contributed by atoms with Crippen LogP contribution in [0.2, 0.25) is 0 Å². The molecule has 2 aromatic rings. The molecule has 0 bridgehead atoms.